The van der Waals surface area contributed by atoms with Crippen molar-refractivity contribution in [3.8, 4) is 11.5 Å². The number of nitrogens with one attached hydrogen (secondary N) is 1. The third-order valence-electron chi connectivity index (χ3n) is 3.00. The number of aromatic nitrogens is 4. The van der Waals surface area contributed by atoms with Gasteiger partial charge in [0.1, 0.15) is 6.61 Å². The molecular formula is C15H21N5O2. The van der Waals surface area contributed by atoms with Gasteiger partial charge in [-0.15, -0.1) is 0 Å². The molecule has 0 aliphatic rings. The Morgan fingerprint density at radius 1 is 1.36 bits per heavy atom. The Hall–Kier alpha value is -2.57. The molecule has 7 heteroatoms. The van der Waals surface area contributed by atoms with E-state index in [-0.39, 0.29) is 0 Å². The van der Waals surface area contributed by atoms with Gasteiger partial charge in [-0.05, 0) is 34.5 Å². The lowest BCUT2D eigenvalue weighted by atomic mass is 10.2. The number of anilines is 1. The van der Waals surface area contributed by atoms with Crippen LogP contribution in [0.2, 0.25) is 0 Å². The summed E-state index contributed by atoms with van der Waals surface area (Å²) >= 11 is 0. The van der Waals surface area contributed by atoms with E-state index in [0.29, 0.717) is 30.6 Å². The summed E-state index contributed by atoms with van der Waals surface area (Å²) in [4.78, 5) is 0. The third kappa shape index (κ3) is 3.97. The van der Waals surface area contributed by atoms with Gasteiger partial charge < -0.3 is 14.8 Å². The number of nitrogens with zero attached hydrogens (tertiary/aromatic N) is 4. The second-order valence-electron chi connectivity index (χ2n) is 4.66. The maximum absolute atomic E-state index is 5.53. The van der Waals surface area contributed by atoms with Crippen molar-refractivity contribution < 1.29 is 9.47 Å². The molecular weight excluding hydrogens is 282 g/mol. The van der Waals surface area contributed by atoms with Crippen LogP contribution in [0.5, 0.6) is 11.5 Å². The molecule has 118 valence electrons. The second kappa shape index (κ2) is 8.02. The van der Waals surface area contributed by atoms with Crippen molar-refractivity contribution in [3.63, 3.8) is 0 Å². The van der Waals surface area contributed by atoms with Gasteiger partial charge in [-0.1, -0.05) is 30.7 Å². The van der Waals surface area contributed by atoms with E-state index in [4.69, 9.17) is 9.47 Å². The van der Waals surface area contributed by atoms with Crippen molar-refractivity contribution in [3.05, 3.63) is 36.4 Å². The van der Waals surface area contributed by atoms with Crippen LogP contribution in [0, 0.1) is 0 Å². The maximum Gasteiger partial charge on any atom is 0.243 e. The molecule has 0 saturated heterocycles. The summed E-state index contributed by atoms with van der Waals surface area (Å²) in [5.41, 5.74) is 1.05. The van der Waals surface area contributed by atoms with Crippen LogP contribution in [-0.2, 0) is 13.1 Å². The lowest BCUT2D eigenvalue weighted by molar-refractivity contribution is 0.326. The number of rotatable bonds is 9. The number of hydrogen-bond donors (Lipinski definition) is 1. The molecule has 1 aromatic carbocycles. The smallest absolute Gasteiger partial charge is 0.243 e. The Labute approximate surface area is 129 Å². The van der Waals surface area contributed by atoms with E-state index in [0.717, 1.165) is 18.5 Å². The first-order valence-electron chi connectivity index (χ1n) is 7.19. The van der Waals surface area contributed by atoms with Gasteiger partial charge in [-0.3, -0.25) is 0 Å². The predicted molar refractivity (Wildman–Crippen MR) is 84.1 cm³/mol. The lowest BCUT2D eigenvalue weighted by Crippen LogP contribution is -2.09. The summed E-state index contributed by atoms with van der Waals surface area (Å²) in [6, 6.07) is 5.79. The van der Waals surface area contributed by atoms with Crippen molar-refractivity contribution in [1.82, 2.24) is 20.2 Å². The van der Waals surface area contributed by atoms with E-state index in [1.807, 2.05) is 18.2 Å². The molecule has 0 unspecified atom stereocenters. The highest BCUT2D eigenvalue weighted by Crippen LogP contribution is 2.28. The van der Waals surface area contributed by atoms with Crippen LogP contribution in [0.15, 0.2) is 30.9 Å². The molecule has 1 N–H and O–H groups in total. The van der Waals surface area contributed by atoms with E-state index < -0.39 is 0 Å². The Morgan fingerprint density at radius 3 is 2.95 bits per heavy atom. The fourth-order valence-corrected chi connectivity index (χ4v) is 1.96. The number of benzene rings is 1. The van der Waals surface area contributed by atoms with Gasteiger partial charge in [0.25, 0.3) is 0 Å². The van der Waals surface area contributed by atoms with E-state index in [9.17, 15) is 0 Å². The van der Waals surface area contributed by atoms with Crippen LogP contribution < -0.4 is 14.8 Å². The molecule has 0 fully saturated rings. The SMILES string of the molecule is C=CCOc1ccc(CNc2nnnn2CCC)cc1OC. The van der Waals surface area contributed by atoms with E-state index in [1.165, 1.54) is 0 Å². The first-order chi connectivity index (χ1) is 10.8. The quantitative estimate of drug-likeness (QED) is 0.716. The number of tetrazole rings is 1. The molecule has 22 heavy (non-hydrogen) atoms. The molecule has 7 nitrogen and oxygen atoms in total. The van der Waals surface area contributed by atoms with E-state index >= 15 is 0 Å². The van der Waals surface area contributed by atoms with Crippen molar-refractivity contribution in [2.24, 2.45) is 0 Å². The normalized spacial score (nSPS) is 10.3. The molecule has 0 spiro atoms. The second-order valence-corrected chi connectivity index (χ2v) is 4.66. The van der Waals surface area contributed by atoms with Crippen LogP contribution in [0.4, 0.5) is 5.95 Å². The predicted octanol–water partition coefficient (Wildman–Crippen LogP) is 2.27. The average molecular weight is 303 g/mol. The van der Waals surface area contributed by atoms with Crippen molar-refractivity contribution in [1.29, 1.82) is 0 Å². The minimum absolute atomic E-state index is 0.444. The Balaban J connectivity index is 2.03. The van der Waals surface area contributed by atoms with Crippen LogP contribution in [-0.4, -0.2) is 33.9 Å². The van der Waals surface area contributed by atoms with Crippen LogP contribution >= 0.6 is 0 Å². The Kier molecular flexibility index (Phi) is 5.76. The molecule has 2 aromatic rings. The largest absolute Gasteiger partial charge is 0.493 e. The highest BCUT2D eigenvalue weighted by molar-refractivity contribution is 5.44. The molecule has 0 atom stereocenters. The zero-order chi connectivity index (χ0) is 15.8. The Bertz CT molecular complexity index is 612. The summed E-state index contributed by atoms with van der Waals surface area (Å²) in [5, 5.41) is 14.8. The van der Waals surface area contributed by atoms with E-state index in [2.05, 4.69) is 34.3 Å². The van der Waals surface area contributed by atoms with Crippen LogP contribution in [0.25, 0.3) is 0 Å². The fourth-order valence-electron chi connectivity index (χ4n) is 1.96. The highest BCUT2D eigenvalue weighted by Gasteiger charge is 2.08. The average Bonchev–Trinajstić information content (AvgIpc) is 2.99. The molecule has 2 rings (SSSR count). The molecule has 0 bridgehead atoms. The third-order valence-corrected chi connectivity index (χ3v) is 3.00. The zero-order valence-electron chi connectivity index (χ0n) is 13.0. The van der Waals surface area contributed by atoms with E-state index in [1.54, 1.807) is 17.9 Å². The van der Waals surface area contributed by atoms with Gasteiger partial charge >= 0.3 is 0 Å². The van der Waals surface area contributed by atoms with Gasteiger partial charge in [0.2, 0.25) is 5.95 Å². The molecule has 0 aliphatic heterocycles. The molecule has 0 radical (unpaired) electrons. The van der Waals surface area contributed by atoms with Crippen molar-refractivity contribution >= 4 is 5.95 Å². The minimum Gasteiger partial charge on any atom is -0.493 e. The summed E-state index contributed by atoms with van der Waals surface area (Å²) in [7, 11) is 1.62. The molecule has 0 saturated carbocycles. The van der Waals surface area contributed by atoms with Crippen LogP contribution in [0.3, 0.4) is 0 Å². The minimum atomic E-state index is 0.444. The number of methoxy groups -OCH3 is 1. The maximum atomic E-state index is 5.53. The van der Waals surface area contributed by atoms with Gasteiger partial charge in [-0.2, -0.15) is 0 Å². The first kappa shape index (κ1) is 15.8. The lowest BCUT2D eigenvalue weighted by Gasteiger charge is -2.12. The van der Waals surface area contributed by atoms with Gasteiger partial charge in [0.15, 0.2) is 11.5 Å². The monoisotopic (exact) mass is 303 g/mol. The fraction of sp³-hybridized carbons (Fsp3) is 0.400. The number of hydrogen-bond acceptors (Lipinski definition) is 6. The van der Waals surface area contributed by atoms with Crippen molar-refractivity contribution in [2.45, 2.75) is 26.4 Å². The summed E-state index contributed by atoms with van der Waals surface area (Å²) < 4.78 is 12.6. The van der Waals surface area contributed by atoms with Gasteiger partial charge in [-0.25, -0.2) is 4.68 Å². The number of ether oxygens (including phenoxy) is 2. The standard InChI is InChI=1S/C15H21N5O2/c1-4-8-20-15(17-18-19-20)16-11-12-6-7-13(22-9-5-2)14(10-12)21-3/h5-7,10H,2,4,8-9,11H2,1,3H3,(H,16,17,19). The molecule has 1 heterocycles. The topological polar surface area (TPSA) is 74.1 Å². The molecule has 0 amide bonds. The summed E-state index contributed by atoms with van der Waals surface area (Å²) in [6.45, 7) is 7.54. The molecule has 0 aliphatic carbocycles. The van der Waals surface area contributed by atoms with Crippen molar-refractivity contribution in [2.75, 3.05) is 19.0 Å². The van der Waals surface area contributed by atoms with Gasteiger partial charge in [0, 0.05) is 13.1 Å². The van der Waals surface area contributed by atoms with Crippen LogP contribution in [0.1, 0.15) is 18.9 Å². The number of aryl methyl sites for hydroxylation is 1. The van der Waals surface area contributed by atoms with Gasteiger partial charge in [0.05, 0.1) is 7.11 Å². The molecule has 1 aromatic heterocycles. The summed E-state index contributed by atoms with van der Waals surface area (Å²) in [5.74, 6) is 2.05. The zero-order valence-corrected chi connectivity index (χ0v) is 13.0. The Morgan fingerprint density at radius 2 is 2.23 bits per heavy atom. The highest BCUT2D eigenvalue weighted by atomic mass is 16.5. The first-order valence-corrected chi connectivity index (χ1v) is 7.19. The summed E-state index contributed by atoms with van der Waals surface area (Å²) in [6.07, 6.45) is 2.67.